The van der Waals surface area contributed by atoms with Gasteiger partial charge in [0.15, 0.2) is 6.04 Å². The topological polar surface area (TPSA) is 85.9 Å². The first-order valence-corrected chi connectivity index (χ1v) is 8.29. The van der Waals surface area contributed by atoms with Crippen LogP contribution in [0, 0.1) is 22.0 Å². The summed E-state index contributed by atoms with van der Waals surface area (Å²) in [5, 5.41) is 13.7. The minimum Gasteiger partial charge on any atom is -0.494 e. The molecule has 132 valence electrons. The lowest BCUT2D eigenvalue weighted by atomic mass is 9.91. The van der Waals surface area contributed by atoms with Crippen molar-refractivity contribution in [2.45, 2.75) is 33.2 Å². The summed E-state index contributed by atoms with van der Waals surface area (Å²) in [6.45, 7) is 8.33. The maximum Gasteiger partial charge on any atom is 0.282 e. The zero-order valence-corrected chi connectivity index (χ0v) is 14.7. The number of nitro benzene ring substituents is 1. The summed E-state index contributed by atoms with van der Waals surface area (Å²) in [6.07, 6.45) is 1.20. The van der Waals surface area contributed by atoms with Crippen LogP contribution in [0.5, 0.6) is 5.75 Å². The Morgan fingerprint density at radius 1 is 1.38 bits per heavy atom. The number of nitrogens with one attached hydrogen (secondary N) is 2. The number of ether oxygens (including phenoxy) is 1. The summed E-state index contributed by atoms with van der Waals surface area (Å²) in [6, 6.07) is 4.01. The summed E-state index contributed by atoms with van der Waals surface area (Å²) in [5.41, 5.74) is 0.389. The average molecular weight is 336 g/mol. The maximum absolute atomic E-state index is 12.6. The molecule has 7 heteroatoms. The smallest absolute Gasteiger partial charge is 0.282 e. The molecule has 0 spiro atoms. The zero-order valence-electron chi connectivity index (χ0n) is 14.7. The summed E-state index contributed by atoms with van der Waals surface area (Å²) < 4.78 is 5.17. The molecule has 2 rings (SSSR count). The molecular formula is C17H26N3O4+. The minimum atomic E-state index is -0.489. The van der Waals surface area contributed by atoms with Crippen molar-refractivity contribution in [3.8, 4) is 5.75 Å². The Hall–Kier alpha value is -2.15. The predicted molar refractivity (Wildman–Crippen MR) is 91.4 cm³/mol. The molecule has 1 saturated heterocycles. The molecule has 1 aliphatic heterocycles. The van der Waals surface area contributed by atoms with Crippen molar-refractivity contribution in [2.24, 2.45) is 11.8 Å². The molecule has 0 saturated carbocycles. The van der Waals surface area contributed by atoms with Gasteiger partial charge in [0.2, 0.25) is 0 Å². The van der Waals surface area contributed by atoms with Crippen molar-refractivity contribution in [3.05, 3.63) is 28.3 Å². The van der Waals surface area contributed by atoms with E-state index in [1.54, 1.807) is 0 Å². The first kappa shape index (κ1) is 18.2. The van der Waals surface area contributed by atoms with Crippen molar-refractivity contribution in [1.82, 2.24) is 0 Å². The second-order valence-corrected chi connectivity index (χ2v) is 6.87. The summed E-state index contributed by atoms with van der Waals surface area (Å²) in [5.74, 6) is 1.40. The fourth-order valence-electron chi connectivity index (χ4n) is 3.51. The van der Waals surface area contributed by atoms with E-state index >= 15 is 0 Å². The number of methoxy groups -OCH3 is 1. The maximum atomic E-state index is 12.6. The van der Waals surface area contributed by atoms with Gasteiger partial charge in [-0.3, -0.25) is 14.9 Å². The SMILES string of the molecule is COc1cc([N+](=O)[O-])ccc1NC(=O)[C@H](C)[NH+]1C[C@H](C)C[C@H](C)C1. The number of non-ortho nitro benzene ring substituents is 1. The van der Waals surface area contributed by atoms with E-state index < -0.39 is 4.92 Å². The Labute approximate surface area is 142 Å². The van der Waals surface area contributed by atoms with Gasteiger partial charge in [-0.1, -0.05) is 13.8 Å². The molecule has 1 amide bonds. The number of carbonyl (C=O) groups excluding carboxylic acids is 1. The van der Waals surface area contributed by atoms with Gasteiger partial charge in [-0.15, -0.1) is 0 Å². The van der Waals surface area contributed by atoms with E-state index in [-0.39, 0.29) is 17.6 Å². The molecule has 1 aliphatic rings. The number of rotatable bonds is 5. The molecule has 1 fully saturated rings. The highest BCUT2D eigenvalue weighted by Gasteiger charge is 2.32. The van der Waals surface area contributed by atoms with Crippen LogP contribution < -0.4 is 15.0 Å². The normalized spacial score (nSPS) is 24.9. The van der Waals surface area contributed by atoms with E-state index in [0.29, 0.717) is 23.3 Å². The molecule has 1 aromatic rings. The van der Waals surface area contributed by atoms with Crippen molar-refractivity contribution in [2.75, 3.05) is 25.5 Å². The lowest BCUT2D eigenvalue weighted by molar-refractivity contribution is -0.925. The van der Waals surface area contributed by atoms with Gasteiger partial charge in [-0.25, -0.2) is 0 Å². The van der Waals surface area contributed by atoms with E-state index in [0.717, 1.165) is 13.1 Å². The van der Waals surface area contributed by atoms with Crippen LogP contribution in [-0.2, 0) is 4.79 Å². The predicted octanol–water partition coefficient (Wildman–Crippen LogP) is 1.49. The zero-order chi connectivity index (χ0) is 17.9. The number of anilines is 1. The molecule has 0 radical (unpaired) electrons. The third-order valence-corrected chi connectivity index (χ3v) is 4.69. The van der Waals surface area contributed by atoms with Gasteiger partial charge in [-0.05, 0) is 19.4 Å². The van der Waals surface area contributed by atoms with Gasteiger partial charge in [-0.2, -0.15) is 0 Å². The number of hydrogen-bond donors (Lipinski definition) is 2. The number of carbonyl (C=O) groups is 1. The molecule has 0 aliphatic carbocycles. The van der Waals surface area contributed by atoms with Gasteiger partial charge in [0, 0.05) is 17.9 Å². The monoisotopic (exact) mass is 336 g/mol. The van der Waals surface area contributed by atoms with Crippen molar-refractivity contribution in [3.63, 3.8) is 0 Å². The van der Waals surface area contributed by atoms with E-state index in [1.807, 2.05) is 6.92 Å². The Balaban J connectivity index is 2.09. The number of amides is 1. The molecular weight excluding hydrogens is 310 g/mol. The standard InChI is InChI=1S/C17H25N3O4/c1-11-7-12(2)10-19(9-11)13(3)17(21)18-15-6-5-14(20(22)23)8-16(15)24-4/h5-6,8,11-13H,7,9-10H2,1-4H3,(H,18,21)/p+1/t11-,12+,13-/m0/s1. The third-order valence-electron chi connectivity index (χ3n) is 4.69. The van der Waals surface area contributed by atoms with Crippen LogP contribution in [0.1, 0.15) is 27.2 Å². The molecule has 0 aromatic heterocycles. The Morgan fingerprint density at radius 2 is 2.00 bits per heavy atom. The number of nitrogens with zero attached hydrogens (tertiary/aromatic N) is 1. The number of quaternary nitrogens is 1. The highest BCUT2D eigenvalue weighted by atomic mass is 16.6. The molecule has 1 aromatic carbocycles. The molecule has 0 bridgehead atoms. The van der Waals surface area contributed by atoms with Gasteiger partial charge in [0.05, 0.1) is 36.9 Å². The fourth-order valence-corrected chi connectivity index (χ4v) is 3.51. The number of benzene rings is 1. The largest absolute Gasteiger partial charge is 0.494 e. The Morgan fingerprint density at radius 3 is 2.54 bits per heavy atom. The number of nitro groups is 1. The quantitative estimate of drug-likeness (QED) is 0.630. The van der Waals surface area contributed by atoms with Crippen LogP contribution in [0.15, 0.2) is 18.2 Å². The third kappa shape index (κ3) is 4.23. The summed E-state index contributed by atoms with van der Waals surface area (Å²) in [4.78, 5) is 24.2. The molecule has 4 atom stereocenters. The molecule has 1 unspecified atom stereocenters. The van der Waals surface area contributed by atoms with Crippen LogP contribution in [0.2, 0.25) is 0 Å². The fraction of sp³-hybridized carbons (Fsp3) is 0.588. The second-order valence-electron chi connectivity index (χ2n) is 6.87. The molecule has 1 heterocycles. The highest BCUT2D eigenvalue weighted by molar-refractivity contribution is 5.95. The first-order chi connectivity index (χ1) is 11.3. The number of hydrogen-bond acceptors (Lipinski definition) is 4. The van der Waals surface area contributed by atoms with Crippen molar-refractivity contribution < 1.29 is 19.4 Å². The van der Waals surface area contributed by atoms with E-state index in [2.05, 4.69) is 19.2 Å². The van der Waals surface area contributed by atoms with Crippen LogP contribution in [0.25, 0.3) is 0 Å². The Bertz CT molecular complexity index is 610. The van der Waals surface area contributed by atoms with E-state index in [4.69, 9.17) is 4.74 Å². The van der Waals surface area contributed by atoms with Gasteiger partial charge in [0.1, 0.15) is 5.75 Å². The molecule has 7 nitrogen and oxygen atoms in total. The van der Waals surface area contributed by atoms with Crippen molar-refractivity contribution in [1.29, 1.82) is 0 Å². The molecule has 24 heavy (non-hydrogen) atoms. The first-order valence-electron chi connectivity index (χ1n) is 8.29. The average Bonchev–Trinajstić information content (AvgIpc) is 2.53. The van der Waals surface area contributed by atoms with Crippen LogP contribution in [0.4, 0.5) is 11.4 Å². The second kappa shape index (κ2) is 7.61. The summed E-state index contributed by atoms with van der Waals surface area (Å²) in [7, 11) is 1.43. The lowest BCUT2D eigenvalue weighted by Crippen LogP contribution is -3.18. The van der Waals surface area contributed by atoms with E-state index in [1.165, 1.54) is 36.6 Å². The van der Waals surface area contributed by atoms with Crippen LogP contribution in [0.3, 0.4) is 0 Å². The minimum absolute atomic E-state index is 0.0674. The van der Waals surface area contributed by atoms with Crippen molar-refractivity contribution >= 4 is 17.3 Å². The van der Waals surface area contributed by atoms with Crippen LogP contribution in [-0.4, -0.2) is 37.1 Å². The van der Waals surface area contributed by atoms with Gasteiger partial charge >= 0.3 is 0 Å². The highest BCUT2D eigenvalue weighted by Crippen LogP contribution is 2.29. The molecule has 2 N–H and O–H groups in total. The Kier molecular flexibility index (Phi) is 5.77. The lowest BCUT2D eigenvalue weighted by Gasteiger charge is -2.35. The van der Waals surface area contributed by atoms with E-state index in [9.17, 15) is 14.9 Å². The summed E-state index contributed by atoms with van der Waals surface area (Å²) >= 11 is 0. The van der Waals surface area contributed by atoms with Gasteiger partial charge < -0.3 is 15.0 Å². The van der Waals surface area contributed by atoms with Gasteiger partial charge in [0.25, 0.3) is 11.6 Å². The number of piperidine rings is 1. The van der Waals surface area contributed by atoms with Crippen LogP contribution >= 0.6 is 0 Å². The number of likely N-dealkylation sites (tertiary alicyclic amines) is 1.